The van der Waals surface area contributed by atoms with E-state index in [4.69, 9.17) is 42.1 Å². The van der Waals surface area contributed by atoms with E-state index in [1.165, 1.54) is 69.6 Å². The normalized spacial score (nSPS) is 24.3. The molecule has 2 aromatic carbocycles. The zero-order valence-corrected chi connectivity index (χ0v) is 26.0. The van der Waals surface area contributed by atoms with Gasteiger partial charge >= 0.3 is 0 Å². The molecule has 0 spiro atoms. The summed E-state index contributed by atoms with van der Waals surface area (Å²) < 4.78 is 57.7. The number of methoxy groups -OCH3 is 3. The summed E-state index contributed by atoms with van der Waals surface area (Å²) in [6, 6.07) is 7.45. The number of nitro groups is 1. The molecule has 2 aliphatic rings. The maximum atomic E-state index is 14.0. The van der Waals surface area contributed by atoms with Gasteiger partial charge in [0.15, 0.2) is 16.7 Å². The first kappa shape index (κ1) is 32.6. The van der Waals surface area contributed by atoms with E-state index in [-0.39, 0.29) is 52.6 Å². The molecule has 3 unspecified atom stereocenters. The number of nitrogens with zero attached hydrogens (tertiary/aromatic N) is 2. The highest BCUT2D eigenvalue weighted by molar-refractivity contribution is 7.86. The van der Waals surface area contributed by atoms with Crippen molar-refractivity contribution in [1.82, 2.24) is 4.90 Å². The van der Waals surface area contributed by atoms with Crippen molar-refractivity contribution in [3.05, 3.63) is 85.9 Å². The van der Waals surface area contributed by atoms with E-state index in [0.717, 1.165) is 12.2 Å². The minimum atomic E-state index is -4.98. The fraction of sp³-hybridized carbons (Fsp3) is 0.393. The largest absolute Gasteiger partial charge is 0.493 e. The Hall–Kier alpha value is -3.36. The first-order valence-electron chi connectivity index (χ1n) is 12.9. The number of allylic oxidation sites excluding steroid dienone is 2. The number of hydrogen-bond acceptors (Lipinski definition) is 9. The van der Waals surface area contributed by atoms with Crippen molar-refractivity contribution >= 4 is 39.2 Å². The highest BCUT2D eigenvalue weighted by Crippen LogP contribution is 2.49. The third kappa shape index (κ3) is 5.67. The van der Waals surface area contributed by atoms with Crippen LogP contribution in [0.5, 0.6) is 17.2 Å². The van der Waals surface area contributed by atoms with Crippen LogP contribution < -0.4 is 14.2 Å². The lowest BCUT2D eigenvalue weighted by Gasteiger charge is -2.50. The molecule has 1 fully saturated rings. The van der Waals surface area contributed by atoms with Crippen LogP contribution in [0.1, 0.15) is 22.8 Å². The average Bonchev–Trinajstić information content (AvgIpc) is 3.00. The third-order valence-corrected chi connectivity index (χ3v) is 9.92. The molecule has 0 saturated carbocycles. The minimum Gasteiger partial charge on any atom is -0.493 e. The maximum Gasteiger partial charge on any atom is 0.278 e. The van der Waals surface area contributed by atoms with Gasteiger partial charge in [-0.3, -0.25) is 19.5 Å². The lowest BCUT2D eigenvalue weighted by molar-refractivity contribution is -0.569. The van der Waals surface area contributed by atoms with E-state index >= 15 is 0 Å². The summed E-state index contributed by atoms with van der Waals surface area (Å²) in [7, 11) is -0.739. The van der Waals surface area contributed by atoms with Gasteiger partial charge in [0.05, 0.1) is 50.4 Å². The molecule has 0 aromatic heterocycles. The Kier molecular flexibility index (Phi) is 9.33. The molecular formula is C28H30Cl2N2O10S. The van der Waals surface area contributed by atoms with E-state index in [1.54, 1.807) is 6.07 Å². The van der Waals surface area contributed by atoms with Crippen molar-refractivity contribution in [3.63, 3.8) is 0 Å². The van der Waals surface area contributed by atoms with E-state index in [0.29, 0.717) is 5.56 Å². The molecule has 1 amide bonds. The Morgan fingerprint density at radius 1 is 1.12 bits per heavy atom. The Balaban J connectivity index is 1.90. The van der Waals surface area contributed by atoms with E-state index in [9.17, 15) is 27.9 Å². The van der Waals surface area contributed by atoms with E-state index in [2.05, 4.69) is 0 Å². The predicted octanol–water partition coefficient (Wildman–Crippen LogP) is 4.42. The monoisotopic (exact) mass is 656 g/mol. The molecule has 1 heterocycles. The number of ether oxygens (including phenoxy) is 4. The van der Waals surface area contributed by atoms with Gasteiger partial charge < -0.3 is 23.8 Å². The first-order chi connectivity index (χ1) is 20.3. The zero-order chi connectivity index (χ0) is 31.7. The highest BCUT2D eigenvalue weighted by Gasteiger charge is 2.65. The summed E-state index contributed by atoms with van der Waals surface area (Å²) in [5, 5.41) is 11.2. The lowest BCUT2D eigenvalue weighted by Crippen LogP contribution is -2.65. The van der Waals surface area contributed by atoms with Crippen LogP contribution in [0.15, 0.2) is 54.6 Å². The van der Waals surface area contributed by atoms with Gasteiger partial charge in [-0.25, -0.2) is 0 Å². The summed E-state index contributed by atoms with van der Waals surface area (Å²) in [5.41, 5.74) is -3.62. The molecular weight excluding hydrogens is 627 g/mol. The third-order valence-electron chi connectivity index (χ3n) is 8.00. The number of benzene rings is 2. The fourth-order valence-corrected chi connectivity index (χ4v) is 7.23. The number of morpholine rings is 1. The number of halogens is 2. The molecule has 1 aliphatic carbocycles. The van der Waals surface area contributed by atoms with Crippen molar-refractivity contribution in [2.75, 3.05) is 41.0 Å². The van der Waals surface area contributed by atoms with Crippen molar-refractivity contribution in [1.29, 1.82) is 0 Å². The molecule has 12 nitrogen and oxygen atoms in total. The fourth-order valence-electron chi connectivity index (χ4n) is 5.80. The van der Waals surface area contributed by atoms with Gasteiger partial charge in [-0.05, 0) is 35.9 Å². The van der Waals surface area contributed by atoms with Gasteiger partial charge in [-0.1, -0.05) is 54.4 Å². The quantitative estimate of drug-likeness (QED) is 0.233. The molecule has 1 saturated heterocycles. The van der Waals surface area contributed by atoms with Crippen LogP contribution in [-0.2, 0) is 20.5 Å². The van der Waals surface area contributed by atoms with Crippen LogP contribution in [0.25, 0.3) is 0 Å². The second-order valence-corrected chi connectivity index (χ2v) is 12.4. The molecule has 15 heteroatoms. The Labute approximate surface area is 258 Å². The molecule has 1 aliphatic heterocycles. The highest BCUT2D eigenvalue weighted by atomic mass is 35.5. The molecule has 0 radical (unpaired) electrons. The van der Waals surface area contributed by atoms with Crippen LogP contribution in [0.4, 0.5) is 0 Å². The molecule has 2 aromatic rings. The van der Waals surface area contributed by atoms with Crippen molar-refractivity contribution in [2.45, 2.75) is 23.3 Å². The van der Waals surface area contributed by atoms with Crippen LogP contribution in [0, 0.1) is 16.0 Å². The Morgan fingerprint density at radius 2 is 1.77 bits per heavy atom. The summed E-state index contributed by atoms with van der Waals surface area (Å²) in [6.07, 6.45) is 4.82. The number of carbonyl (C=O) groups is 1. The molecule has 4 rings (SSSR count). The molecule has 1 N–H and O–H groups in total. The minimum absolute atomic E-state index is 0.0787. The Morgan fingerprint density at radius 3 is 2.30 bits per heavy atom. The standard InChI is InChI=1S/C28H30Cl2N2O10S/c1-17(27(32(34)35)10-6-5-7-24(27)43(36,37)38)28(19-8-9-20(29)21(30)15-19)16-31(11-12-42-28)26(33)18-13-22(39-2)25(41-4)23(14-18)40-3/h5-10,13-15,17,24H,11-12,16H2,1-4H3,(H,36,37,38)/t17?,24?,27-,28?/m1/s1. The van der Waals surface area contributed by atoms with Gasteiger partial charge in [-0.15, -0.1) is 0 Å². The van der Waals surface area contributed by atoms with E-state index < -0.39 is 43.3 Å². The molecule has 43 heavy (non-hydrogen) atoms. The molecule has 0 bridgehead atoms. The number of hydrogen-bond donors (Lipinski definition) is 1. The maximum absolute atomic E-state index is 14.0. The number of rotatable bonds is 9. The Bertz CT molecular complexity index is 1570. The van der Waals surface area contributed by atoms with E-state index in [1.807, 2.05) is 0 Å². The lowest BCUT2D eigenvalue weighted by atomic mass is 9.67. The second kappa shape index (κ2) is 12.3. The van der Waals surface area contributed by atoms with Crippen LogP contribution in [-0.4, -0.2) is 80.5 Å². The average molecular weight is 658 g/mol. The SMILES string of the molecule is COc1cc(C(=O)N2CCOC(c3ccc(Cl)c(Cl)c3)(C(C)[C@]3([N+](=O)[O-])C=CC=CC3S(=O)(=O)O)C2)cc(OC)c1OC. The van der Waals surface area contributed by atoms with Crippen LogP contribution in [0.2, 0.25) is 10.0 Å². The predicted molar refractivity (Wildman–Crippen MR) is 159 cm³/mol. The van der Waals surface area contributed by atoms with Crippen LogP contribution in [0.3, 0.4) is 0 Å². The second-order valence-electron chi connectivity index (χ2n) is 10.1. The summed E-state index contributed by atoms with van der Waals surface area (Å²) in [4.78, 5) is 27.5. The van der Waals surface area contributed by atoms with Crippen LogP contribution >= 0.6 is 23.2 Å². The van der Waals surface area contributed by atoms with Crippen molar-refractivity contribution < 1.29 is 41.6 Å². The van der Waals surface area contributed by atoms with Gasteiger partial charge in [0.25, 0.3) is 21.6 Å². The molecule has 232 valence electrons. The topological polar surface area (TPSA) is 155 Å². The van der Waals surface area contributed by atoms with Gasteiger partial charge in [-0.2, -0.15) is 8.42 Å². The number of carbonyl (C=O) groups excluding carboxylic acids is 1. The summed E-state index contributed by atoms with van der Waals surface area (Å²) >= 11 is 12.6. The van der Waals surface area contributed by atoms with Gasteiger partial charge in [0, 0.05) is 17.0 Å². The smallest absolute Gasteiger partial charge is 0.278 e. The number of amides is 1. The summed E-state index contributed by atoms with van der Waals surface area (Å²) in [5.74, 6) is -1.03. The van der Waals surface area contributed by atoms with Gasteiger partial charge in [0.2, 0.25) is 5.75 Å². The van der Waals surface area contributed by atoms with Crippen molar-refractivity contribution in [3.8, 4) is 17.2 Å². The van der Waals surface area contributed by atoms with Gasteiger partial charge in [0.1, 0.15) is 5.60 Å². The van der Waals surface area contributed by atoms with Crippen molar-refractivity contribution in [2.24, 2.45) is 5.92 Å². The molecule has 4 atom stereocenters. The summed E-state index contributed by atoms with van der Waals surface area (Å²) in [6.45, 7) is 1.20. The first-order valence-corrected chi connectivity index (χ1v) is 15.2. The zero-order valence-electron chi connectivity index (χ0n) is 23.7.